The van der Waals surface area contributed by atoms with Crippen LogP contribution in [0.25, 0.3) is 0 Å². The molecule has 1 rings (SSSR count). The van der Waals surface area contributed by atoms with Gasteiger partial charge in [0.05, 0.1) is 13.1 Å². The Morgan fingerprint density at radius 2 is 2.70 bits per heavy atom. The third kappa shape index (κ3) is 1.26. The number of hydrogen-bond donors (Lipinski definition) is 0. The predicted octanol–water partition coefficient (Wildman–Crippen LogP) is -0.366. The van der Waals surface area contributed by atoms with E-state index in [2.05, 4.69) is 4.99 Å². The normalized spacial score (nSPS) is 15.9. The minimum atomic E-state index is 0.648. The van der Waals surface area contributed by atoms with Gasteiger partial charge in [0, 0.05) is 6.54 Å². The first-order chi connectivity index (χ1) is 4.88. The van der Waals surface area contributed by atoms with E-state index in [-0.39, 0.29) is 0 Å². The number of nitrogens with zero attached hydrogens (tertiary/aromatic N) is 3. The van der Waals surface area contributed by atoms with Crippen molar-refractivity contribution in [3.63, 3.8) is 0 Å². The number of amides is 1. The molecule has 4 heteroatoms. The summed E-state index contributed by atoms with van der Waals surface area (Å²) in [7, 11) is 0. The Morgan fingerprint density at radius 1 is 1.90 bits per heavy atom. The standard InChI is InChI=1S/C6H10N3O/c1-2-8(6-10)9-4-3-7-5-9/h5H,2-4H2,1H3. The minimum absolute atomic E-state index is 0.648. The van der Waals surface area contributed by atoms with Gasteiger partial charge < -0.3 is 0 Å². The van der Waals surface area contributed by atoms with Crippen molar-refractivity contribution in [2.24, 2.45) is 4.99 Å². The first-order valence-corrected chi connectivity index (χ1v) is 3.30. The molecule has 4 nitrogen and oxygen atoms in total. The molecule has 1 aliphatic rings. The van der Waals surface area contributed by atoms with Crippen LogP contribution in [0, 0.1) is 0 Å². The van der Waals surface area contributed by atoms with Crippen molar-refractivity contribution in [3.05, 3.63) is 0 Å². The summed E-state index contributed by atoms with van der Waals surface area (Å²) in [5, 5.41) is 3.23. The van der Waals surface area contributed by atoms with Crippen LogP contribution in [0.2, 0.25) is 0 Å². The van der Waals surface area contributed by atoms with E-state index in [0.717, 1.165) is 13.1 Å². The van der Waals surface area contributed by atoms with Gasteiger partial charge in [-0.05, 0) is 6.92 Å². The number of carbonyl (C=O) groups excluding carboxylic acids is 1. The van der Waals surface area contributed by atoms with Gasteiger partial charge in [0.1, 0.15) is 6.34 Å². The molecule has 0 saturated carbocycles. The largest absolute Gasteiger partial charge is 0.332 e. The Morgan fingerprint density at radius 3 is 3.10 bits per heavy atom. The predicted molar refractivity (Wildman–Crippen MR) is 38.1 cm³/mol. The molecule has 0 saturated heterocycles. The fourth-order valence-electron chi connectivity index (χ4n) is 0.852. The molecule has 1 heterocycles. The quantitative estimate of drug-likeness (QED) is 0.502. The van der Waals surface area contributed by atoms with E-state index in [0.29, 0.717) is 6.54 Å². The van der Waals surface area contributed by atoms with Crippen LogP contribution in [0.3, 0.4) is 0 Å². The van der Waals surface area contributed by atoms with E-state index < -0.39 is 0 Å². The Kier molecular flexibility index (Phi) is 2.25. The molecular formula is C6H10N3O. The molecule has 55 valence electrons. The van der Waals surface area contributed by atoms with Gasteiger partial charge in [-0.3, -0.25) is 14.8 Å². The van der Waals surface area contributed by atoms with Gasteiger partial charge in [-0.15, -0.1) is 0 Å². The topological polar surface area (TPSA) is 35.9 Å². The van der Waals surface area contributed by atoms with Crippen LogP contribution in [0.4, 0.5) is 0 Å². The van der Waals surface area contributed by atoms with Crippen molar-refractivity contribution in [2.45, 2.75) is 6.92 Å². The van der Waals surface area contributed by atoms with Crippen molar-refractivity contribution in [1.29, 1.82) is 0 Å². The summed E-state index contributed by atoms with van der Waals surface area (Å²) >= 11 is 0. The lowest BCUT2D eigenvalue weighted by atomic mass is 10.6. The highest BCUT2D eigenvalue weighted by atomic mass is 16.1. The lowest BCUT2D eigenvalue weighted by Crippen LogP contribution is -2.39. The number of aliphatic imine (C=N–C) groups is 1. The highest BCUT2D eigenvalue weighted by Gasteiger charge is 2.11. The molecule has 0 bridgehead atoms. The molecule has 0 aromatic carbocycles. The van der Waals surface area contributed by atoms with Crippen LogP contribution >= 0.6 is 0 Å². The second kappa shape index (κ2) is 3.20. The highest BCUT2D eigenvalue weighted by molar-refractivity contribution is 5.60. The maximum Gasteiger partial charge on any atom is 0.332 e. The maximum atomic E-state index is 10.2. The molecule has 0 N–H and O–H groups in total. The summed E-state index contributed by atoms with van der Waals surface area (Å²) in [6.07, 6.45) is 3.47. The zero-order chi connectivity index (χ0) is 7.40. The molecule has 10 heavy (non-hydrogen) atoms. The van der Waals surface area contributed by atoms with Crippen molar-refractivity contribution >= 4 is 12.7 Å². The molecule has 0 fully saturated rings. The van der Waals surface area contributed by atoms with Crippen molar-refractivity contribution < 1.29 is 4.79 Å². The number of hydrogen-bond acceptors (Lipinski definition) is 3. The third-order valence-corrected chi connectivity index (χ3v) is 1.39. The van der Waals surface area contributed by atoms with Crippen LogP contribution in [0.15, 0.2) is 4.99 Å². The van der Waals surface area contributed by atoms with E-state index >= 15 is 0 Å². The smallest absolute Gasteiger partial charge is 0.272 e. The monoisotopic (exact) mass is 140 g/mol. The SMILES string of the molecule is CCN([C]=O)N1C=NCC1. The Labute approximate surface area is 60.1 Å². The molecule has 1 aliphatic heterocycles. The average molecular weight is 140 g/mol. The van der Waals surface area contributed by atoms with E-state index in [1.807, 2.05) is 13.3 Å². The third-order valence-electron chi connectivity index (χ3n) is 1.39. The first-order valence-electron chi connectivity index (χ1n) is 3.30. The maximum absolute atomic E-state index is 10.2. The fraction of sp³-hybridized carbons (Fsp3) is 0.667. The molecule has 0 aromatic rings. The Bertz CT molecular complexity index is 146. The van der Waals surface area contributed by atoms with Crippen LogP contribution in [-0.2, 0) is 4.79 Å². The van der Waals surface area contributed by atoms with Crippen molar-refractivity contribution in [1.82, 2.24) is 10.0 Å². The molecule has 0 unspecified atom stereocenters. The average Bonchev–Trinajstić information content (AvgIpc) is 2.43. The summed E-state index contributed by atoms with van der Waals surface area (Å²) in [5.74, 6) is 0. The van der Waals surface area contributed by atoms with E-state index in [4.69, 9.17) is 0 Å². The van der Waals surface area contributed by atoms with Crippen molar-refractivity contribution in [2.75, 3.05) is 19.6 Å². The summed E-state index contributed by atoms with van der Waals surface area (Å²) in [6.45, 7) is 4.12. The first kappa shape index (κ1) is 7.05. The lowest BCUT2D eigenvalue weighted by Gasteiger charge is -2.23. The zero-order valence-corrected chi connectivity index (χ0v) is 5.95. The molecule has 1 amide bonds. The van der Waals surface area contributed by atoms with Gasteiger partial charge in [0.2, 0.25) is 0 Å². The Balaban J connectivity index is 2.44. The molecule has 0 spiro atoms. The van der Waals surface area contributed by atoms with Gasteiger partial charge in [0.15, 0.2) is 0 Å². The van der Waals surface area contributed by atoms with Gasteiger partial charge in [0.25, 0.3) is 0 Å². The second-order valence-corrected chi connectivity index (χ2v) is 1.99. The minimum Gasteiger partial charge on any atom is -0.272 e. The van der Waals surface area contributed by atoms with Crippen LogP contribution in [0.1, 0.15) is 6.92 Å². The molecule has 0 aliphatic carbocycles. The van der Waals surface area contributed by atoms with Crippen molar-refractivity contribution in [3.8, 4) is 0 Å². The van der Waals surface area contributed by atoms with Gasteiger partial charge in [-0.2, -0.15) is 0 Å². The van der Waals surface area contributed by atoms with E-state index in [1.54, 1.807) is 11.3 Å². The Hall–Kier alpha value is -1.06. The van der Waals surface area contributed by atoms with Gasteiger partial charge in [-0.1, -0.05) is 0 Å². The van der Waals surface area contributed by atoms with Crippen LogP contribution < -0.4 is 0 Å². The summed E-state index contributed by atoms with van der Waals surface area (Å²) in [6, 6.07) is 0. The summed E-state index contributed by atoms with van der Waals surface area (Å²) in [4.78, 5) is 14.2. The van der Waals surface area contributed by atoms with E-state index in [1.165, 1.54) is 5.01 Å². The molecule has 1 radical (unpaired) electrons. The molecule has 0 atom stereocenters. The van der Waals surface area contributed by atoms with Gasteiger partial charge in [-0.25, -0.2) is 5.01 Å². The highest BCUT2D eigenvalue weighted by Crippen LogP contribution is 1.96. The summed E-state index contributed by atoms with van der Waals surface area (Å²) < 4.78 is 0. The second-order valence-electron chi connectivity index (χ2n) is 1.99. The van der Waals surface area contributed by atoms with E-state index in [9.17, 15) is 4.79 Å². The number of hydrazine groups is 1. The summed E-state index contributed by atoms with van der Waals surface area (Å²) in [5.41, 5.74) is 0. The van der Waals surface area contributed by atoms with Gasteiger partial charge >= 0.3 is 6.41 Å². The molecular weight excluding hydrogens is 130 g/mol. The van der Waals surface area contributed by atoms with Crippen LogP contribution in [-0.4, -0.2) is 42.4 Å². The van der Waals surface area contributed by atoms with Crippen LogP contribution in [0.5, 0.6) is 0 Å². The fourth-order valence-corrected chi connectivity index (χ4v) is 0.852. The number of rotatable bonds is 3. The molecule has 0 aromatic heterocycles. The zero-order valence-electron chi connectivity index (χ0n) is 5.95. The lowest BCUT2D eigenvalue weighted by molar-refractivity contribution is 0.153.